The van der Waals surface area contributed by atoms with Gasteiger partial charge in [0.05, 0.1) is 0 Å². The van der Waals surface area contributed by atoms with Gasteiger partial charge >= 0.3 is 0 Å². The maximum Gasteiger partial charge on any atom is 0.251 e. The third-order valence-electron chi connectivity index (χ3n) is 6.08. The Bertz CT molecular complexity index is 939. The summed E-state index contributed by atoms with van der Waals surface area (Å²) in [6, 6.07) is 18.0. The van der Waals surface area contributed by atoms with E-state index in [4.69, 9.17) is 0 Å². The van der Waals surface area contributed by atoms with Crippen LogP contribution in [0.15, 0.2) is 54.6 Å². The van der Waals surface area contributed by atoms with Crippen molar-refractivity contribution in [3.05, 3.63) is 71.4 Å². The van der Waals surface area contributed by atoms with Crippen LogP contribution in [-0.4, -0.2) is 17.4 Å². The second kappa shape index (κ2) is 6.31. The first-order valence-corrected chi connectivity index (χ1v) is 9.40. The fraction of sp³-hybridized carbons (Fsp3) is 0.348. The van der Waals surface area contributed by atoms with E-state index in [2.05, 4.69) is 55.3 Å². The highest BCUT2D eigenvalue weighted by Gasteiger charge is 2.58. The Labute approximate surface area is 154 Å². The molecule has 3 aromatic rings. The lowest BCUT2D eigenvalue weighted by Crippen LogP contribution is -2.24. The van der Waals surface area contributed by atoms with Gasteiger partial charge < -0.3 is 10.3 Å². The van der Waals surface area contributed by atoms with Gasteiger partial charge in [-0.15, -0.1) is 0 Å². The van der Waals surface area contributed by atoms with Gasteiger partial charge in [0, 0.05) is 28.7 Å². The number of amides is 1. The van der Waals surface area contributed by atoms with Crippen molar-refractivity contribution in [1.29, 1.82) is 0 Å². The normalized spacial score (nSPS) is 20.9. The van der Waals surface area contributed by atoms with Crippen molar-refractivity contribution in [2.45, 2.75) is 33.1 Å². The monoisotopic (exact) mass is 346 g/mol. The number of aryl methyl sites for hydroxylation is 1. The number of rotatable bonds is 5. The molecule has 1 saturated carbocycles. The number of carbonyl (C=O) groups excluding carboxylic acids is 1. The topological polar surface area (TPSA) is 44.9 Å². The van der Waals surface area contributed by atoms with E-state index in [1.165, 1.54) is 22.2 Å². The average molecular weight is 346 g/mol. The lowest BCUT2D eigenvalue weighted by Gasteiger charge is -2.06. The molecule has 0 unspecified atom stereocenters. The van der Waals surface area contributed by atoms with Gasteiger partial charge in [0.15, 0.2) is 0 Å². The molecule has 0 radical (unpaired) electrons. The molecule has 1 aliphatic rings. The number of carbonyl (C=O) groups is 1. The Morgan fingerprint density at radius 1 is 1.08 bits per heavy atom. The van der Waals surface area contributed by atoms with Crippen LogP contribution in [0.1, 0.15) is 47.8 Å². The van der Waals surface area contributed by atoms with E-state index < -0.39 is 0 Å². The number of nitrogens with one attached hydrogen (secondary N) is 2. The number of hydrogen-bond acceptors (Lipinski definition) is 1. The molecular formula is C23H26N2O. The summed E-state index contributed by atoms with van der Waals surface area (Å²) in [5, 5.41) is 4.43. The summed E-state index contributed by atoms with van der Waals surface area (Å²) in [6.07, 6.45) is 1.01. The lowest BCUT2D eigenvalue weighted by molar-refractivity contribution is 0.0952. The van der Waals surface area contributed by atoms with Crippen molar-refractivity contribution in [3.63, 3.8) is 0 Å². The molecule has 0 saturated heterocycles. The third-order valence-corrected chi connectivity index (χ3v) is 6.08. The van der Waals surface area contributed by atoms with Crippen LogP contribution in [0.3, 0.4) is 0 Å². The lowest BCUT2D eigenvalue weighted by atomic mass is 10.0. The molecule has 1 amide bonds. The molecule has 2 aromatic carbocycles. The van der Waals surface area contributed by atoms with E-state index >= 15 is 0 Å². The number of benzene rings is 2. The van der Waals surface area contributed by atoms with Crippen LogP contribution < -0.4 is 5.32 Å². The van der Waals surface area contributed by atoms with E-state index in [1.54, 1.807) is 0 Å². The van der Waals surface area contributed by atoms with Gasteiger partial charge in [-0.1, -0.05) is 50.2 Å². The van der Waals surface area contributed by atoms with Crippen LogP contribution in [-0.2, 0) is 0 Å². The Morgan fingerprint density at radius 2 is 1.77 bits per heavy atom. The Morgan fingerprint density at radius 3 is 2.54 bits per heavy atom. The van der Waals surface area contributed by atoms with Gasteiger partial charge in [0.1, 0.15) is 0 Å². The summed E-state index contributed by atoms with van der Waals surface area (Å²) in [4.78, 5) is 15.8. The van der Waals surface area contributed by atoms with Gasteiger partial charge in [-0.2, -0.15) is 0 Å². The summed E-state index contributed by atoms with van der Waals surface area (Å²) in [7, 11) is 0. The maximum absolute atomic E-state index is 12.2. The zero-order valence-corrected chi connectivity index (χ0v) is 15.7. The molecule has 3 heteroatoms. The molecule has 3 nitrogen and oxygen atoms in total. The second-order valence-corrected chi connectivity index (χ2v) is 8.03. The summed E-state index contributed by atoms with van der Waals surface area (Å²) < 4.78 is 0. The van der Waals surface area contributed by atoms with Crippen molar-refractivity contribution in [3.8, 4) is 0 Å². The highest BCUT2D eigenvalue weighted by molar-refractivity contribution is 5.94. The standard InChI is InChI=1S/C23H26N2O/c1-15-20(17-11-7-8-12-19(17)25-15)21-18(23(21,2)3)13-14-24-22(26)16-9-5-4-6-10-16/h4-12,18,21,25H,13-14H2,1-3H3,(H,24,26)/t18-,21+/m1/s1. The number of para-hydroxylation sites is 1. The van der Waals surface area contributed by atoms with Crippen molar-refractivity contribution in [2.24, 2.45) is 11.3 Å². The molecule has 1 fully saturated rings. The minimum absolute atomic E-state index is 0.0175. The predicted octanol–water partition coefficient (Wildman–Crippen LogP) is 5.04. The van der Waals surface area contributed by atoms with Crippen LogP contribution in [0.4, 0.5) is 0 Å². The molecule has 4 rings (SSSR count). The summed E-state index contributed by atoms with van der Waals surface area (Å²) in [5.41, 5.74) is 4.96. The minimum atomic E-state index is 0.0175. The van der Waals surface area contributed by atoms with Gasteiger partial charge in [0.2, 0.25) is 0 Å². The molecular weight excluding hydrogens is 320 g/mol. The van der Waals surface area contributed by atoms with Crippen LogP contribution in [0.25, 0.3) is 10.9 Å². The number of fused-ring (bicyclic) bond motifs is 1. The summed E-state index contributed by atoms with van der Waals surface area (Å²) in [5.74, 6) is 1.16. The Balaban J connectivity index is 1.45. The first kappa shape index (κ1) is 16.9. The molecule has 2 N–H and O–H groups in total. The zero-order valence-electron chi connectivity index (χ0n) is 15.7. The quantitative estimate of drug-likeness (QED) is 0.668. The minimum Gasteiger partial charge on any atom is -0.358 e. The second-order valence-electron chi connectivity index (χ2n) is 8.03. The smallest absolute Gasteiger partial charge is 0.251 e. The molecule has 134 valence electrons. The summed E-state index contributed by atoms with van der Waals surface area (Å²) in [6.45, 7) is 7.60. The number of aromatic amines is 1. The van der Waals surface area contributed by atoms with Gasteiger partial charge in [-0.05, 0) is 54.4 Å². The first-order valence-electron chi connectivity index (χ1n) is 9.40. The SMILES string of the molecule is Cc1[nH]c2ccccc2c1[C@@H]1[C@@H](CCNC(=O)c2ccccc2)C1(C)C. The summed E-state index contributed by atoms with van der Waals surface area (Å²) >= 11 is 0. The van der Waals surface area contributed by atoms with Gasteiger partial charge in [-0.3, -0.25) is 4.79 Å². The average Bonchev–Trinajstić information content (AvgIpc) is 3.00. The predicted molar refractivity (Wildman–Crippen MR) is 106 cm³/mol. The highest BCUT2D eigenvalue weighted by Crippen LogP contribution is 2.67. The molecule has 1 aliphatic carbocycles. The van der Waals surface area contributed by atoms with E-state index in [-0.39, 0.29) is 11.3 Å². The largest absolute Gasteiger partial charge is 0.358 e. The number of aromatic nitrogens is 1. The van der Waals surface area contributed by atoms with Crippen LogP contribution in [0.2, 0.25) is 0 Å². The number of hydrogen-bond donors (Lipinski definition) is 2. The van der Waals surface area contributed by atoms with Gasteiger partial charge in [0.25, 0.3) is 5.91 Å². The molecule has 2 atom stereocenters. The van der Waals surface area contributed by atoms with Crippen LogP contribution >= 0.6 is 0 Å². The Kier molecular flexibility index (Phi) is 4.10. The van der Waals surface area contributed by atoms with Gasteiger partial charge in [-0.25, -0.2) is 0 Å². The first-order chi connectivity index (χ1) is 12.5. The molecule has 26 heavy (non-hydrogen) atoms. The fourth-order valence-electron chi connectivity index (χ4n) is 4.59. The molecule has 0 spiro atoms. The van der Waals surface area contributed by atoms with Crippen molar-refractivity contribution >= 4 is 16.8 Å². The Hall–Kier alpha value is -2.55. The van der Waals surface area contributed by atoms with Crippen molar-refractivity contribution < 1.29 is 4.79 Å². The molecule has 1 heterocycles. The fourth-order valence-corrected chi connectivity index (χ4v) is 4.59. The zero-order chi connectivity index (χ0) is 18.3. The van der Waals surface area contributed by atoms with E-state index in [9.17, 15) is 4.79 Å². The van der Waals surface area contributed by atoms with E-state index in [1.807, 2.05) is 30.3 Å². The molecule has 0 bridgehead atoms. The van der Waals surface area contributed by atoms with E-state index in [0.717, 1.165) is 18.5 Å². The molecule has 0 aliphatic heterocycles. The van der Waals surface area contributed by atoms with E-state index in [0.29, 0.717) is 11.8 Å². The maximum atomic E-state index is 12.2. The van der Waals surface area contributed by atoms with Crippen LogP contribution in [0.5, 0.6) is 0 Å². The van der Waals surface area contributed by atoms with Crippen molar-refractivity contribution in [2.75, 3.05) is 6.54 Å². The molecule has 1 aromatic heterocycles. The highest BCUT2D eigenvalue weighted by atomic mass is 16.1. The van der Waals surface area contributed by atoms with Crippen LogP contribution in [0, 0.1) is 18.3 Å². The third kappa shape index (κ3) is 2.82. The number of H-pyrrole nitrogens is 1. The van der Waals surface area contributed by atoms with Crippen molar-refractivity contribution in [1.82, 2.24) is 10.3 Å².